The fourth-order valence-corrected chi connectivity index (χ4v) is 1.97. The lowest BCUT2D eigenvalue weighted by molar-refractivity contribution is -0.147. The third-order valence-corrected chi connectivity index (χ3v) is 3.09. The SMILES string of the molecule is CCCC(C)(NC(=O)c1ccc(C)cc1)C(=O)OC. The Morgan fingerprint density at radius 1 is 1.26 bits per heavy atom. The summed E-state index contributed by atoms with van der Waals surface area (Å²) in [6.45, 7) is 5.60. The number of hydrogen-bond donors (Lipinski definition) is 1. The first kappa shape index (κ1) is 15.2. The van der Waals surface area contributed by atoms with Crippen LogP contribution in [0.1, 0.15) is 42.6 Å². The van der Waals surface area contributed by atoms with E-state index >= 15 is 0 Å². The molecule has 4 nitrogen and oxygen atoms in total. The summed E-state index contributed by atoms with van der Waals surface area (Å²) in [7, 11) is 1.33. The van der Waals surface area contributed by atoms with Gasteiger partial charge in [0.25, 0.3) is 5.91 Å². The van der Waals surface area contributed by atoms with Gasteiger partial charge in [-0.3, -0.25) is 4.79 Å². The summed E-state index contributed by atoms with van der Waals surface area (Å²) in [5.41, 5.74) is 0.642. The van der Waals surface area contributed by atoms with Crippen molar-refractivity contribution in [1.29, 1.82) is 0 Å². The zero-order valence-electron chi connectivity index (χ0n) is 11.9. The topological polar surface area (TPSA) is 55.4 Å². The van der Waals surface area contributed by atoms with Gasteiger partial charge in [0.05, 0.1) is 7.11 Å². The number of methoxy groups -OCH3 is 1. The highest BCUT2D eigenvalue weighted by atomic mass is 16.5. The minimum Gasteiger partial charge on any atom is -0.467 e. The van der Waals surface area contributed by atoms with Crippen molar-refractivity contribution in [3.8, 4) is 0 Å². The molecular formula is C15H21NO3. The molecule has 104 valence electrons. The van der Waals surface area contributed by atoms with Crippen molar-refractivity contribution in [2.45, 2.75) is 39.2 Å². The Bertz CT molecular complexity index is 453. The number of nitrogens with one attached hydrogen (secondary N) is 1. The van der Waals surface area contributed by atoms with E-state index in [-0.39, 0.29) is 5.91 Å². The number of benzene rings is 1. The average Bonchev–Trinajstić information content (AvgIpc) is 2.38. The second-order valence-corrected chi connectivity index (χ2v) is 4.89. The molecule has 1 rings (SSSR count). The fraction of sp³-hybridized carbons (Fsp3) is 0.467. The zero-order valence-corrected chi connectivity index (χ0v) is 11.9. The van der Waals surface area contributed by atoms with Crippen molar-refractivity contribution in [1.82, 2.24) is 5.32 Å². The molecule has 1 aromatic carbocycles. The summed E-state index contributed by atoms with van der Waals surface area (Å²) in [5, 5.41) is 2.77. The molecule has 0 aliphatic rings. The van der Waals surface area contributed by atoms with Crippen LogP contribution in [0.25, 0.3) is 0 Å². The van der Waals surface area contributed by atoms with Crippen LogP contribution in [0.3, 0.4) is 0 Å². The highest BCUT2D eigenvalue weighted by Gasteiger charge is 2.35. The molecular weight excluding hydrogens is 242 g/mol. The molecule has 0 bridgehead atoms. The van der Waals surface area contributed by atoms with Crippen LogP contribution in [0.5, 0.6) is 0 Å². The Hall–Kier alpha value is -1.84. The molecule has 0 spiro atoms. The van der Waals surface area contributed by atoms with Gasteiger partial charge < -0.3 is 10.1 Å². The van der Waals surface area contributed by atoms with Gasteiger partial charge in [0.1, 0.15) is 5.54 Å². The molecule has 1 aromatic rings. The van der Waals surface area contributed by atoms with Crippen LogP contribution in [0.4, 0.5) is 0 Å². The number of amides is 1. The van der Waals surface area contributed by atoms with E-state index in [0.29, 0.717) is 12.0 Å². The van der Waals surface area contributed by atoms with Gasteiger partial charge in [-0.1, -0.05) is 31.0 Å². The van der Waals surface area contributed by atoms with Crippen LogP contribution >= 0.6 is 0 Å². The standard InChI is InChI=1S/C15H21NO3/c1-5-10-15(3,14(18)19-4)16-13(17)12-8-6-11(2)7-9-12/h6-9H,5,10H2,1-4H3,(H,16,17). The molecule has 0 saturated heterocycles. The van der Waals surface area contributed by atoms with Gasteiger partial charge in [-0.05, 0) is 32.4 Å². The molecule has 1 atom stereocenters. The van der Waals surface area contributed by atoms with Crippen LogP contribution < -0.4 is 5.32 Å². The molecule has 0 aliphatic carbocycles. The number of carbonyl (C=O) groups is 2. The molecule has 0 heterocycles. The van der Waals surface area contributed by atoms with Crippen LogP contribution in [0.2, 0.25) is 0 Å². The fourth-order valence-electron chi connectivity index (χ4n) is 1.97. The smallest absolute Gasteiger partial charge is 0.331 e. The van der Waals surface area contributed by atoms with Crippen LogP contribution in [0.15, 0.2) is 24.3 Å². The maximum atomic E-state index is 12.1. The highest BCUT2D eigenvalue weighted by molar-refractivity contribution is 5.98. The van der Waals surface area contributed by atoms with Crippen LogP contribution in [-0.2, 0) is 9.53 Å². The molecule has 1 N–H and O–H groups in total. The summed E-state index contributed by atoms with van der Waals surface area (Å²) in [6, 6.07) is 7.22. The first-order valence-electron chi connectivity index (χ1n) is 6.40. The molecule has 0 radical (unpaired) electrons. The lowest BCUT2D eigenvalue weighted by atomic mass is 9.95. The lowest BCUT2D eigenvalue weighted by Crippen LogP contribution is -2.52. The second kappa shape index (κ2) is 6.36. The van der Waals surface area contributed by atoms with E-state index in [0.717, 1.165) is 12.0 Å². The molecule has 0 aliphatic heterocycles. The Labute approximate surface area is 114 Å². The molecule has 4 heteroatoms. The van der Waals surface area contributed by atoms with E-state index in [1.165, 1.54) is 7.11 Å². The van der Waals surface area contributed by atoms with E-state index in [1.807, 2.05) is 26.0 Å². The number of carbonyl (C=O) groups excluding carboxylic acids is 2. The molecule has 1 unspecified atom stereocenters. The predicted octanol–water partition coefficient (Wildman–Crippen LogP) is 2.46. The average molecular weight is 263 g/mol. The van der Waals surface area contributed by atoms with E-state index < -0.39 is 11.5 Å². The minimum atomic E-state index is -0.981. The summed E-state index contributed by atoms with van der Waals surface area (Å²) in [4.78, 5) is 24.0. The molecule has 1 amide bonds. The van der Waals surface area contributed by atoms with Crippen molar-refractivity contribution < 1.29 is 14.3 Å². The Morgan fingerprint density at radius 3 is 2.32 bits per heavy atom. The molecule has 0 saturated carbocycles. The number of hydrogen-bond acceptors (Lipinski definition) is 3. The monoisotopic (exact) mass is 263 g/mol. The normalized spacial score (nSPS) is 13.5. The summed E-state index contributed by atoms with van der Waals surface area (Å²) in [6.07, 6.45) is 1.32. The maximum Gasteiger partial charge on any atom is 0.331 e. The Balaban J connectivity index is 2.87. The van der Waals surface area contributed by atoms with Gasteiger partial charge in [0.2, 0.25) is 0 Å². The van der Waals surface area contributed by atoms with E-state index in [4.69, 9.17) is 4.74 Å². The summed E-state index contributed by atoms with van der Waals surface area (Å²) < 4.78 is 4.77. The molecule has 0 aromatic heterocycles. The van der Waals surface area contributed by atoms with Gasteiger partial charge in [0.15, 0.2) is 0 Å². The van der Waals surface area contributed by atoms with Gasteiger partial charge in [-0.25, -0.2) is 4.79 Å². The summed E-state index contributed by atoms with van der Waals surface area (Å²) >= 11 is 0. The molecule has 19 heavy (non-hydrogen) atoms. The Morgan fingerprint density at radius 2 is 1.84 bits per heavy atom. The third kappa shape index (κ3) is 3.81. The molecule has 0 fully saturated rings. The number of rotatable bonds is 5. The number of esters is 1. The lowest BCUT2D eigenvalue weighted by Gasteiger charge is -2.27. The first-order chi connectivity index (χ1) is 8.92. The van der Waals surface area contributed by atoms with Crippen molar-refractivity contribution in [3.63, 3.8) is 0 Å². The maximum absolute atomic E-state index is 12.1. The Kier molecular flexibility index (Phi) is 5.10. The van der Waals surface area contributed by atoms with Gasteiger partial charge >= 0.3 is 5.97 Å². The minimum absolute atomic E-state index is 0.263. The number of ether oxygens (including phenoxy) is 1. The van der Waals surface area contributed by atoms with E-state index in [9.17, 15) is 9.59 Å². The van der Waals surface area contributed by atoms with E-state index in [1.54, 1.807) is 19.1 Å². The zero-order chi connectivity index (χ0) is 14.5. The van der Waals surface area contributed by atoms with Crippen molar-refractivity contribution in [3.05, 3.63) is 35.4 Å². The second-order valence-electron chi connectivity index (χ2n) is 4.89. The van der Waals surface area contributed by atoms with Crippen molar-refractivity contribution >= 4 is 11.9 Å². The van der Waals surface area contributed by atoms with Crippen LogP contribution in [0, 0.1) is 6.92 Å². The predicted molar refractivity (Wildman–Crippen MR) is 74.0 cm³/mol. The third-order valence-electron chi connectivity index (χ3n) is 3.09. The van der Waals surface area contributed by atoms with Crippen LogP contribution in [-0.4, -0.2) is 24.5 Å². The van der Waals surface area contributed by atoms with Crippen molar-refractivity contribution in [2.75, 3.05) is 7.11 Å². The number of aryl methyl sites for hydroxylation is 1. The van der Waals surface area contributed by atoms with Crippen molar-refractivity contribution in [2.24, 2.45) is 0 Å². The quantitative estimate of drug-likeness (QED) is 0.830. The highest BCUT2D eigenvalue weighted by Crippen LogP contribution is 2.15. The van der Waals surface area contributed by atoms with Gasteiger partial charge in [-0.15, -0.1) is 0 Å². The van der Waals surface area contributed by atoms with Gasteiger partial charge in [0, 0.05) is 5.56 Å². The summed E-state index contributed by atoms with van der Waals surface area (Å²) in [5.74, 6) is -0.684. The van der Waals surface area contributed by atoms with E-state index in [2.05, 4.69) is 5.32 Å². The largest absolute Gasteiger partial charge is 0.467 e. The van der Waals surface area contributed by atoms with Gasteiger partial charge in [-0.2, -0.15) is 0 Å². The first-order valence-corrected chi connectivity index (χ1v) is 6.40.